The molecule has 5 heteroatoms. The molecule has 0 bridgehead atoms. The number of hydrogen-bond acceptors (Lipinski definition) is 5. The van der Waals surface area contributed by atoms with Crippen LogP contribution in [0.1, 0.15) is 48.2 Å². The predicted octanol–water partition coefficient (Wildman–Crippen LogP) is 3.60. The number of allylic oxidation sites excluding steroid dienone is 2. The summed E-state index contributed by atoms with van der Waals surface area (Å²) in [6.07, 6.45) is 3.12. The van der Waals surface area contributed by atoms with Crippen LogP contribution in [0.15, 0.2) is 65.6 Å². The molecule has 1 aromatic heterocycles. The zero-order valence-electron chi connectivity index (χ0n) is 15.4. The quantitative estimate of drug-likeness (QED) is 0.847. The Kier molecular flexibility index (Phi) is 4.15. The molecule has 1 N–H and O–H groups in total. The summed E-state index contributed by atoms with van der Waals surface area (Å²) in [7, 11) is 0. The Hall–Kier alpha value is -3.21. The van der Waals surface area contributed by atoms with E-state index >= 15 is 0 Å². The molecule has 0 saturated carbocycles. The zero-order valence-corrected chi connectivity index (χ0v) is 15.4. The lowest BCUT2D eigenvalue weighted by molar-refractivity contribution is -0.143. The highest BCUT2D eigenvalue weighted by atomic mass is 16.5. The highest BCUT2D eigenvalue weighted by molar-refractivity contribution is 6.23. The predicted molar refractivity (Wildman–Crippen MR) is 102 cm³/mol. The van der Waals surface area contributed by atoms with E-state index in [1.54, 1.807) is 12.4 Å². The van der Waals surface area contributed by atoms with E-state index in [2.05, 4.69) is 10.3 Å². The smallest absolute Gasteiger partial charge is 0.337 e. The number of nitrogens with one attached hydrogen (secondary N) is 1. The van der Waals surface area contributed by atoms with Crippen molar-refractivity contribution in [3.8, 4) is 0 Å². The van der Waals surface area contributed by atoms with E-state index in [-0.39, 0.29) is 11.9 Å². The molecule has 0 fully saturated rings. The molecule has 1 aliphatic carbocycles. The zero-order chi connectivity index (χ0) is 19.1. The average Bonchev–Trinajstić information content (AvgIpc) is 2.93. The number of dihydropyridines is 1. The van der Waals surface area contributed by atoms with Crippen LogP contribution in [0.4, 0.5) is 0 Å². The Morgan fingerprint density at radius 3 is 2.56 bits per heavy atom. The van der Waals surface area contributed by atoms with Gasteiger partial charge in [0.25, 0.3) is 0 Å². The molecule has 1 unspecified atom stereocenters. The molecule has 2 aliphatic rings. The van der Waals surface area contributed by atoms with Crippen LogP contribution in [0.5, 0.6) is 0 Å². The van der Waals surface area contributed by atoms with Gasteiger partial charge in [-0.1, -0.05) is 30.3 Å². The van der Waals surface area contributed by atoms with Crippen LogP contribution in [0.3, 0.4) is 0 Å². The van der Waals surface area contributed by atoms with Crippen LogP contribution in [0.2, 0.25) is 0 Å². The van der Waals surface area contributed by atoms with Gasteiger partial charge in [-0.15, -0.1) is 0 Å². The first kappa shape index (κ1) is 17.2. The number of carbonyl (C=O) groups excluding carboxylic acids is 2. The summed E-state index contributed by atoms with van der Waals surface area (Å²) in [5, 5.41) is 3.29. The third kappa shape index (κ3) is 2.76. The molecule has 0 radical (unpaired) electrons. The van der Waals surface area contributed by atoms with E-state index in [1.165, 1.54) is 0 Å². The van der Waals surface area contributed by atoms with Crippen LogP contribution in [-0.4, -0.2) is 22.8 Å². The number of esters is 1. The van der Waals surface area contributed by atoms with Crippen LogP contribution in [0.25, 0.3) is 5.70 Å². The van der Waals surface area contributed by atoms with Crippen molar-refractivity contribution in [1.29, 1.82) is 0 Å². The van der Waals surface area contributed by atoms with Gasteiger partial charge in [-0.25, -0.2) is 4.79 Å². The number of benzene rings is 1. The highest BCUT2D eigenvalue weighted by Crippen LogP contribution is 2.46. The number of Topliss-reactive ketones (excluding diaryl/α,β-unsaturated/α-hetero) is 1. The number of pyridine rings is 1. The van der Waals surface area contributed by atoms with Crippen molar-refractivity contribution in [2.75, 3.05) is 0 Å². The SMILES string of the molecule is CC1=C(C(=O)OC(C)C)C(c2cccnc2)C2=C(N1)c1ccccc1C2=O. The van der Waals surface area contributed by atoms with E-state index in [1.807, 2.05) is 57.2 Å². The Balaban J connectivity index is 1.90. The third-order valence-electron chi connectivity index (χ3n) is 4.83. The van der Waals surface area contributed by atoms with E-state index in [4.69, 9.17) is 4.74 Å². The van der Waals surface area contributed by atoms with Gasteiger partial charge in [-0.3, -0.25) is 9.78 Å². The van der Waals surface area contributed by atoms with Gasteiger partial charge in [-0.2, -0.15) is 0 Å². The molecule has 2 heterocycles. The monoisotopic (exact) mass is 360 g/mol. The summed E-state index contributed by atoms with van der Waals surface area (Å²) in [4.78, 5) is 30.3. The van der Waals surface area contributed by atoms with Crippen LogP contribution >= 0.6 is 0 Å². The minimum Gasteiger partial charge on any atom is -0.460 e. The summed E-state index contributed by atoms with van der Waals surface area (Å²) in [6, 6.07) is 11.2. The van der Waals surface area contributed by atoms with E-state index in [0.717, 1.165) is 16.8 Å². The van der Waals surface area contributed by atoms with Crippen molar-refractivity contribution in [3.05, 3.63) is 82.3 Å². The number of carbonyl (C=O) groups is 2. The van der Waals surface area contributed by atoms with Crippen molar-refractivity contribution in [3.63, 3.8) is 0 Å². The minimum atomic E-state index is -0.513. The molecule has 5 nitrogen and oxygen atoms in total. The summed E-state index contributed by atoms with van der Waals surface area (Å²) >= 11 is 0. The van der Waals surface area contributed by atoms with Crippen molar-refractivity contribution < 1.29 is 14.3 Å². The van der Waals surface area contributed by atoms with Crippen LogP contribution in [-0.2, 0) is 9.53 Å². The summed E-state index contributed by atoms with van der Waals surface area (Å²) in [5.74, 6) is -0.996. The number of fused-ring (bicyclic) bond motifs is 2. The van der Waals surface area contributed by atoms with Gasteiger partial charge in [0, 0.05) is 34.8 Å². The van der Waals surface area contributed by atoms with E-state index in [9.17, 15) is 9.59 Å². The molecular formula is C22H20N2O3. The Morgan fingerprint density at radius 1 is 1.15 bits per heavy atom. The van der Waals surface area contributed by atoms with Gasteiger partial charge in [-0.05, 0) is 32.4 Å². The molecule has 0 saturated heterocycles. The highest BCUT2D eigenvalue weighted by Gasteiger charge is 2.43. The van der Waals surface area contributed by atoms with Crippen molar-refractivity contribution in [1.82, 2.24) is 10.3 Å². The lowest BCUT2D eigenvalue weighted by Crippen LogP contribution is -2.30. The maximum absolute atomic E-state index is 13.2. The molecule has 136 valence electrons. The number of hydrogen-bond donors (Lipinski definition) is 1. The van der Waals surface area contributed by atoms with Gasteiger partial charge in [0.15, 0.2) is 5.78 Å². The topological polar surface area (TPSA) is 68.3 Å². The fourth-order valence-electron chi connectivity index (χ4n) is 3.76. The average molecular weight is 360 g/mol. The number of nitrogens with zero attached hydrogens (tertiary/aromatic N) is 1. The van der Waals surface area contributed by atoms with Crippen molar-refractivity contribution >= 4 is 17.4 Å². The fourth-order valence-corrected chi connectivity index (χ4v) is 3.76. The Bertz CT molecular complexity index is 1000. The Morgan fingerprint density at radius 2 is 1.89 bits per heavy atom. The largest absolute Gasteiger partial charge is 0.460 e. The Labute approximate surface area is 157 Å². The van der Waals surface area contributed by atoms with Gasteiger partial charge >= 0.3 is 5.97 Å². The number of ether oxygens (including phenoxy) is 1. The molecule has 0 spiro atoms. The summed E-state index contributed by atoms with van der Waals surface area (Å²) in [5.41, 5.74) is 4.79. The van der Waals surface area contributed by atoms with Gasteiger partial charge < -0.3 is 10.1 Å². The van der Waals surface area contributed by atoms with Crippen molar-refractivity contribution in [2.24, 2.45) is 0 Å². The first-order valence-electron chi connectivity index (χ1n) is 8.96. The molecule has 2 aromatic rings. The summed E-state index contributed by atoms with van der Waals surface area (Å²) in [6.45, 7) is 5.46. The molecule has 27 heavy (non-hydrogen) atoms. The van der Waals surface area contributed by atoms with Crippen LogP contribution < -0.4 is 5.32 Å². The lowest BCUT2D eigenvalue weighted by Gasteiger charge is -2.29. The second-order valence-corrected chi connectivity index (χ2v) is 7.00. The number of aromatic nitrogens is 1. The number of ketones is 1. The molecular weight excluding hydrogens is 340 g/mol. The summed E-state index contributed by atoms with van der Waals surface area (Å²) < 4.78 is 5.48. The van der Waals surface area contributed by atoms with E-state index in [0.29, 0.717) is 22.4 Å². The molecule has 1 atom stereocenters. The second kappa shape index (κ2) is 6.50. The van der Waals surface area contributed by atoms with Gasteiger partial charge in [0.2, 0.25) is 0 Å². The van der Waals surface area contributed by atoms with Gasteiger partial charge in [0.1, 0.15) is 0 Å². The molecule has 1 aliphatic heterocycles. The molecule has 0 amide bonds. The fraction of sp³-hybridized carbons (Fsp3) is 0.227. The van der Waals surface area contributed by atoms with Crippen molar-refractivity contribution in [2.45, 2.75) is 32.8 Å². The minimum absolute atomic E-state index is 0.0655. The van der Waals surface area contributed by atoms with Crippen LogP contribution in [0, 0.1) is 0 Å². The third-order valence-corrected chi connectivity index (χ3v) is 4.83. The number of rotatable bonds is 3. The first-order chi connectivity index (χ1) is 13.0. The molecule has 4 rings (SSSR count). The second-order valence-electron chi connectivity index (χ2n) is 7.00. The van der Waals surface area contributed by atoms with E-state index < -0.39 is 11.9 Å². The van der Waals surface area contributed by atoms with Gasteiger partial charge in [0.05, 0.1) is 23.3 Å². The maximum atomic E-state index is 13.2. The first-order valence-corrected chi connectivity index (χ1v) is 8.96. The molecule has 1 aromatic carbocycles. The standard InChI is InChI=1S/C22H20N2O3/c1-12(2)27-22(26)17-13(3)24-20-15-8-4-5-9-16(15)21(25)19(20)18(17)14-7-6-10-23-11-14/h4-12,18,24H,1-3H3. The lowest BCUT2D eigenvalue weighted by atomic mass is 9.80. The maximum Gasteiger partial charge on any atom is 0.337 e. The normalized spacial score (nSPS) is 18.4.